The van der Waals surface area contributed by atoms with Gasteiger partial charge in [0.25, 0.3) is 0 Å². The van der Waals surface area contributed by atoms with Crippen molar-refractivity contribution in [2.75, 3.05) is 22.4 Å². The predicted molar refractivity (Wildman–Crippen MR) is 112 cm³/mol. The summed E-state index contributed by atoms with van der Waals surface area (Å²) < 4.78 is 25.6. The van der Waals surface area contributed by atoms with Gasteiger partial charge in [-0.2, -0.15) is 0 Å². The molecule has 0 saturated heterocycles. The van der Waals surface area contributed by atoms with Gasteiger partial charge < -0.3 is 5.32 Å². The molecular weight excluding hydrogens is 384 g/mol. The average Bonchev–Trinajstić information content (AvgIpc) is 2.61. The van der Waals surface area contributed by atoms with Gasteiger partial charge in [-0.3, -0.25) is 9.10 Å². The van der Waals surface area contributed by atoms with E-state index in [0.717, 1.165) is 17.5 Å². The van der Waals surface area contributed by atoms with E-state index < -0.39 is 10.0 Å². The molecule has 1 amide bonds. The molecular formula is C20H25ClN2O3S. The molecule has 0 atom stereocenters. The monoisotopic (exact) mass is 408 g/mol. The lowest BCUT2D eigenvalue weighted by molar-refractivity contribution is -0.116. The van der Waals surface area contributed by atoms with Gasteiger partial charge in [0.15, 0.2) is 0 Å². The lowest BCUT2D eigenvalue weighted by Crippen LogP contribution is -2.31. The summed E-state index contributed by atoms with van der Waals surface area (Å²) >= 11 is 6.06. The van der Waals surface area contributed by atoms with Gasteiger partial charge in [0, 0.05) is 23.7 Å². The molecule has 1 N–H and O–H groups in total. The standard InChI is InChI=1S/C20H25ClN2O3S/c1-4-16-8-11-18(12-9-16)23(27(3,25)26)13-5-6-20(24)22-17-10-7-15(2)19(21)14-17/h7-12,14H,4-6,13H2,1-3H3,(H,22,24). The van der Waals surface area contributed by atoms with Gasteiger partial charge in [0.1, 0.15) is 0 Å². The van der Waals surface area contributed by atoms with Crippen molar-refractivity contribution >= 4 is 38.9 Å². The Bertz CT molecular complexity index is 896. The molecule has 27 heavy (non-hydrogen) atoms. The molecule has 2 aromatic carbocycles. The topological polar surface area (TPSA) is 66.5 Å². The lowest BCUT2D eigenvalue weighted by atomic mass is 10.1. The summed E-state index contributed by atoms with van der Waals surface area (Å²) in [6, 6.07) is 12.8. The summed E-state index contributed by atoms with van der Waals surface area (Å²) in [6.45, 7) is 4.18. The first kappa shape index (κ1) is 21.3. The van der Waals surface area contributed by atoms with E-state index in [1.54, 1.807) is 24.3 Å². The summed E-state index contributed by atoms with van der Waals surface area (Å²) in [4.78, 5) is 12.1. The van der Waals surface area contributed by atoms with E-state index in [0.29, 0.717) is 22.8 Å². The maximum Gasteiger partial charge on any atom is 0.232 e. The van der Waals surface area contributed by atoms with Crippen molar-refractivity contribution < 1.29 is 13.2 Å². The second kappa shape index (κ2) is 9.24. The second-order valence-corrected chi connectivity index (χ2v) is 8.78. The van der Waals surface area contributed by atoms with Gasteiger partial charge in [-0.05, 0) is 55.2 Å². The zero-order chi connectivity index (χ0) is 20.0. The number of nitrogens with one attached hydrogen (secondary N) is 1. The van der Waals surface area contributed by atoms with Crippen LogP contribution in [0, 0.1) is 6.92 Å². The van der Waals surface area contributed by atoms with Gasteiger partial charge >= 0.3 is 0 Å². The highest BCUT2D eigenvalue weighted by Crippen LogP contribution is 2.21. The van der Waals surface area contributed by atoms with Crippen LogP contribution in [0.5, 0.6) is 0 Å². The first-order valence-electron chi connectivity index (χ1n) is 8.83. The summed E-state index contributed by atoms with van der Waals surface area (Å²) in [5.41, 5.74) is 3.32. The quantitative estimate of drug-likeness (QED) is 0.704. The van der Waals surface area contributed by atoms with Crippen molar-refractivity contribution in [1.29, 1.82) is 0 Å². The number of benzene rings is 2. The summed E-state index contributed by atoms with van der Waals surface area (Å²) in [5.74, 6) is -0.176. The maximum atomic E-state index is 12.1. The van der Waals surface area contributed by atoms with E-state index in [2.05, 4.69) is 5.32 Å². The molecule has 0 aliphatic rings. The number of carbonyl (C=O) groups excluding carboxylic acids is 1. The van der Waals surface area contributed by atoms with Crippen LogP contribution >= 0.6 is 11.6 Å². The molecule has 0 bridgehead atoms. The van der Waals surface area contributed by atoms with E-state index >= 15 is 0 Å². The van der Waals surface area contributed by atoms with E-state index in [1.165, 1.54) is 10.6 Å². The van der Waals surface area contributed by atoms with E-state index in [1.807, 2.05) is 32.0 Å². The SMILES string of the molecule is CCc1ccc(N(CCCC(=O)Nc2ccc(C)c(Cl)c2)S(C)(=O)=O)cc1. The van der Waals surface area contributed by atoms with Crippen LogP contribution in [0.25, 0.3) is 0 Å². The fourth-order valence-electron chi connectivity index (χ4n) is 2.66. The summed E-state index contributed by atoms with van der Waals surface area (Å²) in [7, 11) is -3.42. The predicted octanol–water partition coefficient (Wildman–Crippen LogP) is 4.40. The Kier molecular flexibility index (Phi) is 7.27. The van der Waals surface area contributed by atoms with Crippen LogP contribution < -0.4 is 9.62 Å². The third-order valence-electron chi connectivity index (χ3n) is 4.25. The molecule has 2 rings (SSSR count). The molecule has 146 valence electrons. The van der Waals surface area contributed by atoms with E-state index in [-0.39, 0.29) is 18.9 Å². The van der Waals surface area contributed by atoms with Crippen molar-refractivity contribution in [3.8, 4) is 0 Å². The average molecular weight is 409 g/mol. The zero-order valence-electron chi connectivity index (χ0n) is 15.8. The molecule has 0 spiro atoms. The van der Waals surface area contributed by atoms with Crippen molar-refractivity contribution in [3.05, 3.63) is 58.6 Å². The number of amides is 1. The Hall–Kier alpha value is -2.05. The fraction of sp³-hybridized carbons (Fsp3) is 0.350. The Morgan fingerprint density at radius 3 is 2.37 bits per heavy atom. The second-order valence-electron chi connectivity index (χ2n) is 6.47. The first-order chi connectivity index (χ1) is 12.7. The molecule has 0 unspecified atom stereocenters. The normalized spacial score (nSPS) is 11.3. The highest BCUT2D eigenvalue weighted by Gasteiger charge is 2.17. The number of carbonyl (C=O) groups is 1. The van der Waals surface area contributed by atoms with Crippen molar-refractivity contribution in [3.63, 3.8) is 0 Å². The number of anilines is 2. The molecule has 0 radical (unpaired) electrons. The lowest BCUT2D eigenvalue weighted by Gasteiger charge is -2.22. The van der Waals surface area contributed by atoms with Crippen LogP contribution in [0.1, 0.15) is 30.9 Å². The minimum Gasteiger partial charge on any atom is -0.326 e. The first-order valence-corrected chi connectivity index (χ1v) is 11.1. The van der Waals surface area contributed by atoms with Crippen molar-refractivity contribution in [2.45, 2.75) is 33.1 Å². The smallest absolute Gasteiger partial charge is 0.232 e. The molecule has 2 aromatic rings. The van der Waals surface area contributed by atoms with E-state index in [9.17, 15) is 13.2 Å². The molecule has 5 nitrogen and oxygen atoms in total. The number of nitrogens with zero attached hydrogens (tertiary/aromatic N) is 1. The molecule has 0 aliphatic heterocycles. The van der Waals surface area contributed by atoms with Crippen LogP contribution in [0.15, 0.2) is 42.5 Å². The molecule has 7 heteroatoms. The Balaban J connectivity index is 1.96. The molecule has 0 fully saturated rings. The van der Waals surface area contributed by atoms with Gasteiger partial charge in [-0.25, -0.2) is 8.42 Å². The molecule has 0 aliphatic carbocycles. The minimum atomic E-state index is -3.42. The number of rotatable bonds is 8. The Labute approximate surface area is 166 Å². The highest BCUT2D eigenvalue weighted by atomic mass is 35.5. The number of hydrogen-bond acceptors (Lipinski definition) is 3. The zero-order valence-corrected chi connectivity index (χ0v) is 17.4. The van der Waals surface area contributed by atoms with Gasteiger partial charge in [0.05, 0.1) is 11.9 Å². The van der Waals surface area contributed by atoms with Crippen molar-refractivity contribution in [2.24, 2.45) is 0 Å². The van der Waals surface area contributed by atoms with Crippen LogP contribution in [0.3, 0.4) is 0 Å². The highest BCUT2D eigenvalue weighted by molar-refractivity contribution is 7.92. The summed E-state index contributed by atoms with van der Waals surface area (Å²) in [6.07, 6.45) is 2.69. The van der Waals surface area contributed by atoms with Gasteiger partial charge in [0.2, 0.25) is 15.9 Å². The van der Waals surface area contributed by atoms with Crippen LogP contribution in [0.2, 0.25) is 5.02 Å². The van der Waals surface area contributed by atoms with Gasteiger partial charge in [-0.15, -0.1) is 0 Å². The Morgan fingerprint density at radius 1 is 1.15 bits per heavy atom. The van der Waals surface area contributed by atoms with Crippen molar-refractivity contribution in [1.82, 2.24) is 0 Å². The third-order valence-corrected chi connectivity index (χ3v) is 5.85. The molecule has 0 heterocycles. The third kappa shape index (κ3) is 6.26. The number of sulfonamides is 1. The van der Waals surface area contributed by atoms with E-state index in [4.69, 9.17) is 11.6 Å². The largest absolute Gasteiger partial charge is 0.326 e. The maximum absolute atomic E-state index is 12.1. The van der Waals surface area contributed by atoms with Gasteiger partial charge in [-0.1, -0.05) is 36.7 Å². The summed E-state index contributed by atoms with van der Waals surface area (Å²) in [5, 5.41) is 3.38. The molecule has 0 aromatic heterocycles. The van der Waals surface area contributed by atoms with Crippen LogP contribution in [0.4, 0.5) is 11.4 Å². The molecule has 0 saturated carbocycles. The number of aryl methyl sites for hydroxylation is 2. The Morgan fingerprint density at radius 2 is 1.81 bits per heavy atom. The fourth-order valence-corrected chi connectivity index (χ4v) is 3.81. The van der Waals surface area contributed by atoms with Crippen LogP contribution in [-0.4, -0.2) is 27.1 Å². The van der Waals surface area contributed by atoms with Crippen LogP contribution in [-0.2, 0) is 21.2 Å². The number of halogens is 1. The minimum absolute atomic E-state index is 0.176. The number of hydrogen-bond donors (Lipinski definition) is 1.